The molecule has 23 heavy (non-hydrogen) atoms. The Morgan fingerprint density at radius 1 is 1.30 bits per heavy atom. The van der Waals surface area contributed by atoms with Gasteiger partial charge in [0.15, 0.2) is 0 Å². The SMILES string of the molecule is CC(NC(=O)CSc1ccncc1)c1cccc(OC(F)F)c1. The van der Waals surface area contributed by atoms with Crippen LogP contribution in [0.1, 0.15) is 18.5 Å². The Hall–Kier alpha value is -2.15. The van der Waals surface area contributed by atoms with Gasteiger partial charge in [-0.2, -0.15) is 8.78 Å². The number of halogens is 2. The molecule has 0 radical (unpaired) electrons. The average Bonchev–Trinajstić information content (AvgIpc) is 2.53. The van der Waals surface area contributed by atoms with Crippen molar-refractivity contribution in [3.05, 3.63) is 54.4 Å². The van der Waals surface area contributed by atoms with Gasteiger partial charge < -0.3 is 10.1 Å². The van der Waals surface area contributed by atoms with Crippen molar-refractivity contribution in [2.75, 3.05) is 5.75 Å². The second-order valence-electron chi connectivity index (χ2n) is 4.71. The van der Waals surface area contributed by atoms with E-state index >= 15 is 0 Å². The summed E-state index contributed by atoms with van der Waals surface area (Å²) in [5, 5.41) is 2.83. The summed E-state index contributed by atoms with van der Waals surface area (Å²) < 4.78 is 28.8. The number of alkyl halides is 2. The molecule has 1 heterocycles. The van der Waals surface area contributed by atoms with Gasteiger partial charge in [-0.15, -0.1) is 11.8 Å². The van der Waals surface area contributed by atoms with Gasteiger partial charge in [0.1, 0.15) is 5.75 Å². The molecule has 2 rings (SSSR count). The van der Waals surface area contributed by atoms with Crippen LogP contribution in [0, 0.1) is 0 Å². The Morgan fingerprint density at radius 2 is 2.04 bits per heavy atom. The summed E-state index contributed by atoms with van der Waals surface area (Å²) in [6, 6.07) is 9.65. The van der Waals surface area contributed by atoms with Crippen LogP contribution in [0.2, 0.25) is 0 Å². The van der Waals surface area contributed by atoms with Crippen LogP contribution in [0.5, 0.6) is 5.75 Å². The number of ether oxygens (including phenoxy) is 1. The van der Waals surface area contributed by atoms with Crippen molar-refractivity contribution in [2.45, 2.75) is 24.5 Å². The number of benzene rings is 1. The molecule has 0 saturated carbocycles. The molecule has 0 aliphatic rings. The number of hydrogen-bond donors (Lipinski definition) is 1. The van der Waals surface area contributed by atoms with Gasteiger partial charge in [0.25, 0.3) is 0 Å². The fraction of sp³-hybridized carbons (Fsp3) is 0.250. The molecule has 1 aromatic carbocycles. The zero-order valence-corrected chi connectivity index (χ0v) is 13.2. The summed E-state index contributed by atoms with van der Waals surface area (Å²) in [5.41, 5.74) is 0.699. The average molecular weight is 338 g/mol. The molecule has 2 aromatic rings. The van der Waals surface area contributed by atoms with Crippen LogP contribution in [-0.4, -0.2) is 23.3 Å². The Kier molecular flexibility index (Phi) is 6.34. The number of carbonyl (C=O) groups excluding carboxylic acids is 1. The number of rotatable bonds is 7. The topological polar surface area (TPSA) is 51.2 Å². The number of thioether (sulfide) groups is 1. The number of pyridine rings is 1. The Balaban J connectivity index is 1.88. The molecule has 1 N–H and O–H groups in total. The molecule has 4 nitrogen and oxygen atoms in total. The Labute approximate surface area is 137 Å². The molecule has 0 bridgehead atoms. The van der Waals surface area contributed by atoms with Gasteiger partial charge >= 0.3 is 6.61 Å². The van der Waals surface area contributed by atoms with Crippen LogP contribution in [-0.2, 0) is 4.79 Å². The molecule has 0 aliphatic heterocycles. The van der Waals surface area contributed by atoms with Gasteiger partial charge in [-0.1, -0.05) is 12.1 Å². The largest absolute Gasteiger partial charge is 0.435 e. The van der Waals surface area contributed by atoms with Crippen molar-refractivity contribution in [1.82, 2.24) is 10.3 Å². The molecule has 1 atom stereocenters. The second kappa shape index (κ2) is 8.47. The van der Waals surface area contributed by atoms with Crippen molar-refractivity contribution in [3.63, 3.8) is 0 Å². The third-order valence-electron chi connectivity index (χ3n) is 2.98. The highest BCUT2D eigenvalue weighted by Crippen LogP contribution is 2.21. The molecule has 0 spiro atoms. The first-order valence-electron chi connectivity index (χ1n) is 6.91. The van der Waals surface area contributed by atoms with Crippen molar-refractivity contribution >= 4 is 17.7 Å². The summed E-state index contributed by atoms with van der Waals surface area (Å²) in [4.78, 5) is 16.8. The quantitative estimate of drug-likeness (QED) is 0.783. The van der Waals surface area contributed by atoms with E-state index in [2.05, 4.69) is 15.0 Å². The van der Waals surface area contributed by atoms with E-state index in [4.69, 9.17) is 0 Å². The van der Waals surface area contributed by atoms with Crippen molar-refractivity contribution in [3.8, 4) is 5.75 Å². The van der Waals surface area contributed by atoms with E-state index in [9.17, 15) is 13.6 Å². The van der Waals surface area contributed by atoms with Gasteiger partial charge in [-0.3, -0.25) is 9.78 Å². The molecule has 122 valence electrons. The first-order chi connectivity index (χ1) is 11.0. The number of nitrogens with one attached hydrogen (secondary N) is 1. The number of hydrogen-bond acceptors (Lipinski definition) is 4. The molecule has 0 aliphatic carbocycles. The molecule has 1 amide bonds. The van der Waals surface area contributed by atoms with Crippen LogP contribution in [0.4, 0.5) is 8.78 Å². The molecular formula is C16H16F2N2O2S. The van der Waals surface area contributed by atoms with Gasteiger partial charge in [-0.05, 0) is 36.8 Å². The number of nitrogens with zero attached hydrogens (tertiary/aromatic N) is 1. The van der Waals surface area contributed by atoms with Crippen LogP contribution in [0.3, 0.4) is 0 Å². The molecule has 0 saturated heterocycles. The summed E-state index contributed by atoms with van der Waals surface area (Å²) in [5.74, 6) is 0.200. The lowest BCUT2D eigenvalue weighted by atomic mass is 10.1. The zero-order chi connectivity index (χ0) is 16.7. The van der Waals surface area contributed by atoms with Gasteiger partial charge in [-0.25, -0.2) is 0 Å². The highest BCUT2D eigenvalue weighted by Gasteiger charge is 2.12. The number of carbonyl (C=O) groups is 1. The predicted molar refractivity (Wildman–Crippen MR) is 84.6 cm³/mol. The Bertz CT molecular complexity index is 641. The zero-order valence-electron chi connectivity index (χ0n) is 12.4. The van der Waals surface area contributed by atoms with E-state index in [-0.39, 0.29) is 23.5 Å². The van der Waals surface area contributed by atoms with E-state index < -0.39 is 6.61 Å². The van der Waals surface area contributed by atoms with E-state index in [1.807, 2.05) is 12.1 Å². The van der Waals surface area contributed by atoms with Crippen molar-refractivity contribution < 1.29 is 18.3 Å². The number of aromatic nitrogens is 1. The molecule has 0 fully saturated rings. The molecule has 7 heteroatoms. The highest BCUT2D eigenvalue weighted by atomic mass is 32.2. The third kappa shape index (κ3) is 5.86. The monoisotopic (exact) mass is 338 g/mol. The van der Waals surface area contributed by atoms with Crippen LogP contribution < -0.4 is 10.1 Å². The van der Waals surface area contributed by atoms with Gasteiger partial charge in [0, 0.05) is 17.3 Å². The van der Waals surface area contributed by atoms with Crippen LogP contribution >= 0.6 is 11.8 Å². The van der Waals surface area contributed by atoms with Crippen LogP contribution in [0.15, 0.2) is 53.7 Å². The summed E-state index contributed by atoms with van der Waals surface area (Å²) in [6.07, 6.45) is 3.33. The molecular weight excluding hydrogens is 322 g/mol. The maximum atomic E-state index is 12.2. The molecule has 1 unspecified atom stereocenters. The van der Waals surface area contributed by atoms with Gasteiger partial charge in [0.05, 0.1) is 11.8 Å². The minimum Gasteiger partial charge on any atom is -0.435 e. The number of amides is 1. The fourth-order valence-electron chi connectivity index (χ4n) is 1.91. The standard InChI is InChI=1S/C16H16F2N2O2S/c1-11(12-3-2-4-13(9-12)22-16(17)18)20-15(21)10-23-14-5-7-19-8-6-14/h2-9,11,16H,10H2,1H3,(H,20,21). The lowest BCUT2D eigenvalue weighted by Crippen LogP contribution is -2.28. The summed E-state index contributed by atoms with van der Waals surface area (Å²) in [7, 11) is 0. The first-order valence-corrected chi connectivity index (χ1v) is 7.90. The first kappa shape index (κ1) is 17.2. The van der Waals surface area contributed by atoms with Crippen LogP contribution in [0.25, 0.3) is 0 Å². The lowest BCUT2D eigenvalue weighted by molar-refractivity contribution is -0.119. The second-order valence-corrected chi connectivity index (χ2v) is 5.76. The van der Waals surface area contributed by atoms with Gasteiger partial charge in [0.2, 0.25) is 5.91 Å². The smallest absolute Gasteiger partial charge is 0.387 e. The minimum absolute atomic E-state index is 0.0739. The van der Waals surface area contributed by atoms with E-state index in [1.165, 1.54) is 23.9 Å². The highest BCUT2D eigenvalue weighted by molar-refractivity contribution is 8.00. The lowest BCUT2D eigenvalue weighted by Gasteiger charge is -2.15. The van der Waals surface area contributed by atoms with Crippen molar-refractivity contribution in [2.24, 2.45) is 0 Å². The Morgan fingerprint density at radius 3 is 2.74 bits per heavy atom. The van der Waals surface area contributed by atoms with E-state index in [0.29, 0.717) is 5.56 Å². The maximum absolute atomic E-state index is 12.2. The predicted octanol–water partition coefficient (Wildman–Crippen LogP) is 3.65. The maximum Gasteiger partial charge on any atom is 0.387 e. The summed E-state index contributed by atoms with van der Waals surface area (Å²) in [6.45, 7) is -1.08. The van der Waals surface area contributed by atoms with E-state index in [0.717, 1.165) is 4.90 Å². The fourth-order valence-corrected chi connectivity index (χ4v) is 2.61. The van der Waals surface area contributed by atoms with Crippen molar-refractivity contribution in [1.29, 1.82) is 0 Å². The molecule has 1 aromatic heterocycles. The third-order valence-corrected chi connectivity index (χ3v) is 3.99. The normalized spacial score (nSPS) is 12.0. The minimum atomic E-state index is -2.87. The van der Waals surface area contributed by atoms with E-state index in [1.54, 1.807) is 31.5 Å². The summed E-state index contributed by atoms with van der Waals surface area (Å²) >= 11 is 1.40.